The maximum absolute atomic E-state index is 13.4. The van der Waals surface area contributed by atoms with Crippen LogP contribution >= 0.6 is 11.8 Å². The average Bonchev–Trinajstić information content (AvgIpc) is 3.75. The van der Waals surface area contributed by atoms with Gasteiger partial charge in [-0.25, -0.2) is 9.78 Å². The molecule has 17 nitrogen and oxygen atoms in total. The molecule has 1 fully saturated rings. The van der Waals surface area contributed by atoms with E-state index >= 15 is 0 Å². The summed E-state index contributed by atoms with van der Waals surface area (Å²) in [4.78, 5) is 97.7. The number of hydrogen-bond donors (Lipinski definition) is 8. The predicted molar refractivity (Wildman–Crippen MR) is 186 cm³/mol. The molecule has 0 spiro atoms. The Morgan fingerprint density at radius 3 is 2.20 bits per heavy atom. The van der Waals surface area contributed by atoms with E-state index in [1.54, 1.807) is 0 Å². The van der Waals surface area contributed by atoms with Crippen LogP contribution in [0.3, 0.4) is 0 Å². The van der Waals surface area contributed by atoms with E-state index < -0.39 is 84.7 Å². The molecule has 50 heavy (non-hydrogen) atoms. The lowest BCUT2D eigenvalue weighted by atomic mass is 10.0. The molecule has 0 saturated carbocycles. The molecule has 1 aliphatic heterocycles. The number of carboxylic acids is 1. The van der Waals surface area contributed by atoms with Crippen molar-refractivity contribution in [3.8, 4) is 0 Å². The molecule has 1 saturated heterocycles. The highest BCUT2D eigenvalue weighted by Crippen LogP contribution is 2.18. The minimum absolute atomic E-state index is 0.0190. The molecule has 2 heterocycles. The molecular weight excluding hydrogens is 670 g/mol. The van der Waals surface area contributed by atoms with Gasteiger partial charge in [0.05, 0.1) is 25.5 Å². The van der Waals surface area contributed by atoms with Gasteiger partial charge in [0.25, 0.3) is 0 Å². The molecule has 6 amide bonds. The minimum Gasteiger partial charge on any atom is -0.480 e. The van der Waals surface area contributed by atoms with Crippen molar-refractivity contribution in [2.24, 2.45) is 17.6 Å². The van der Waals surface area contributed by atoms with Crippen LogP contribution in [0.25, 0.3) is 0 Å². The fourth-order valence-electron chi connectivity index (χ4n) is 5.44. The van der Waals surface area contributed by atoms with Crippen molar-refractivity contribution >= 4 is 53.2 Å². The topological polar surface area (TPSA) is 258 Å². The van der Waals surface area contributed by atoms with Crippen LogP contribution in [0.1, 0.15) is 65.5 Å². The largest absolute Gasteiger partial charge is 0.480 e. The number of thioether (sulfide) groups is 1. The second kappa shape index (κ2) is 21.1. The summed E-state index contributed by atoms with van der Waals surface area (Å²) in [5.41, 5.74) is 6.60. The quantitative estimate of drug-likeness (QED) is 0.0754. The molecule has 5 atom stereocenters. The number of H-pyrrole nitrogens is 1. The zero-order valence-electron chi connectivity index (χ0n) is 29.5. The second-order valence-electron chi connectivity index (χ2n) is 13.2. The van der Waals surface area contributed by atoms with E-state index in [2.05, 4.69) is 36.6 Å². The molecule has 2 rings (SSSR count). The highest BCUT2D eigenvalue weighted by Gasteiger charge is 2.36. The van der Waals surface area contributed by atoms with Gasteiger partial charge in [-0.15, -0.1) is 0 Å². The zero-order valence-corrected chi connectivity index (χ0v) is 30.3. The van der Waals surface area contributed by atoms with E-state index in [-0.39, 0.29) is 37.6 Å². The Labute approximate surface area is 296 Å². The number of carbonyl (C=O) groups is 7. The van der Waals surface area contributed by atoms with Gasteiger partial charge in [0.2, 0.25) is 35.4 Å². The van der Waals surface area contributed by atoms with Crippen molar-refractivity contribution in [1.82, 2.24) is 41.5 Å². The lowest BCUT2D eigenvalue weighted by Gasteiger charge is -2.27. The Balaban J connectivity index is 2.01. The van der Waals surface area contributed by atoms with Crippen molar-refractivity contribution in [3.63, 3.8) is 0 Å². The standard InChI is InChI=1S/C32H53N9O8S/c1-18(2)11-21(33)28(44)39-24(13-20-14-34-17-37-20)30(46)36-16-27(43)41-9-6-7-25(41)31(47)40-23(12-19(3)4)29(45)35-15-26(42)38-22(32(48)49)8-10-50-5/h14,17-19,21-25H,6-13,15-16,33H2,1-5H3,(H,34,37)(H,35,45)(H,36,46)(H,38,42)(H,39,44)(H,40,47)(H,48,49)/t21-,22-,23-,24-,25-/m0/s1. The average molecular weight is 724 g/mol. The number of nitrogens with two attached hydrogens (primary N) is 1. The Bertz CT molecular complexity index is 1310. The van der Waals surface area contributed by atoms with E-state index in [1.165, 1.54) is 29.2 Å². The van der Waals surface area contributed by atoms with Crippen LogP contribution in [0, 0.1) is 11.8 Å². The fourth-order valence-corrected chi connectivity index (χ4v) is 5.92. The van der Waals surface area contributed by atoms with Crippen molar-refractivity contribution in [3.05, 3.63) is 18.2 Å². The summed E-state index contributed by atoms with van der Waals surface area (Å²) in [7, 11) is 0. The third-order valence-corrected chi connectivity index (χ3v) is 8.61. The highest BCUT2D eigenvalue weighted by atomic mass is 32.2. The molecule has 0 bridgehead atoms. The molecule has 280 valence electrons. The van der Waals surface area contributed by atoms with Crippen LogP contribution < -0.4 is 32.3 Å². The SMILES string of the molecule is CSCC[C@H](NC(=O)CNC(=O)[C@H](CC(C)C)NC(=O)[C@@H]1CCCN1C(=O)CNC(=O)[C@H](Cc1cnc[nH]1)NC(=O)[C@@H](N)CC(C)C)C(=O)O. The van der Waals surface area contributed by atoms with Crippen LogP contribution in [-0.4, -0.2) is 123 Å². The summed E-state index contributed by atoms with van der Waals surface area (Å²) in [6.45, 7) is 6.91. The van der Waals surface area contributed by atoms with Crippen molar-refractivity contribution in [2.75, 3.05) is 31.6 Å². The third kappa shape index (κ3) is 14.3. The molecular formula is C32H53N9O8S. The second-order valence-corrected chi connectivity index (χ2v) is 14.2. The third-order valence-electron chi connectivity index (χ3n) is 7.97. The van der Waals surface area contributed by atoms with Gasteiger partial charge in [-0.3, -0.25) is 28.8 Å². The van der Waals surface area contributed by atoms with Gasteiger partial charge in [0.15, 0.2) is 0 Å². The molecule has 1 aromatic rings. The van der Waals surface area contributed by atoms with Crippen LogP contribution in [0.5, 0.6) is 0 Å². The first-order valence-corrected chi connectivity index (χ1v) is 18.2. The Kier molecular flexibility index (Phi) is 17.7. The summed E-state index contributed by atoms with van der Waals surface area (Å²) in [6.07, 6.45) is 6.59. The maximum atomic E-state index is 13.4. The fraction of sp³-hybridized carbons (Fsp3) is 0.688. The van der Waals surface area contributed by atoms with Gasteiger partial charge in [-0.05, 0) is 55.9 Å². The first-order valence-electron chi connectivity index (χ1n) is 16.8. The lowest BCUT2D eigenvalue weighted by molar-refractivity contribution is -0.141. The van der Waals surface area contributed by atoms with E-state index in [4.69, 9.17) is 5.73 Å². The molecule has 0 radical (unpaired) electrons. The molecule has 9 N–H and O–H groups in total. The van der Waals surface area contributed by atoms with Gasteiger partial charge >= 0.3 is 5.97 Å². The van der Waals surface area contributed by atoms with Crippen LogP contribution in [0.4, 0.5) is 0 Å². The summed E-state index contributed by atoms with van der Waals surface area (Å²) < 4.78 is 0. The van der Waals surface area contributed by atoms with E-state index in [9.17, 15) is 38.7 Å². The summed E-state index contributed by atoms with van der Waals surface area (Å²) >= 11 is 1.44. The number of nitrogens with zero attached hydrogens (tertiary/aromatic N) is 2. The van der Waals surface area contributed by atoms with E-state index in [1.807, 2.05) is 34.0 Å². The van der Waals surface area contributed by atoms with Gasteiger partial charge in [0.1, 0.15) is 24.2 Å². The molecule has 0 aliphatic carbocycles. The number of amides is 6. The monoisotopic (exact) mass is 723 g/mol. The van der Waals surface area contributed by atoms with Crippen molar-refractivity contribution in [2.45, 2.75) is 96.4 Å². The zero-order chi connectivity index (χ0) is 37.4. The first kappa shape index (κ1) is 42.0. The van der Waals surface area contributed by atoms with Crippen LogP contribution in [-0.2, 0) is 40.0 Å². The molecule has 0 aromatic carbocycles. The summed E-state index contributed by atoms with van der Waals surface area (Å²) in [5, 5.41) is 22.2. The summed E-state index contributed by atoms with van der Waals surface area (Å²) in [6, 6.07) is -4.88. The number of imidazole rings is 1. The van der Waals surface area contributed by atoms with Crippen LogP contribution in [0.15, 0.2) is 12.5 Å². The Morgan fingerprint density at radius 1 is 0.940 bits per heavy atom. The first-order chi connectivity index (χ1) is 23.6. The van der Waals surface area contributed by atoms with Gasteiger partial charge < -0.3 is 47.3 Å². The Hall–Kier alpha value is -4.19. The van der Waals surface area contributed by atoms with E-state index in [0.717, 1.165) is 0 Å². The number of rotatable bonds is 21. The lowest BCUT2D eigenvalue weighted by Crippen LogP contribution is -2.56. The predicted octanol–water partition coefficient (Wildman–Crippen LogP) is -1.11. The number of hydrogen-bond acceptors (Lipinski definition) is 10. The number of aliphatic carboxylic acids is 1. The van der Waals surface area contributed by atoms with E-state index in [0.29, 0.717) is 30.7 Å². The maximum Gasteiger partial charge on any atom is 0.326 e. The van der Waals surface area contributed by atoms with Gasteiger partial charge in [-0.2, -0.15) is 11.8 Å². The van der Waals surface area contributed by atoms with Crippen molar-refractivity contribution in [1.29, 1.82) is 0 Å². The summed E-state index contributed by atoms with van der Waals surface area (Å²) in [5.74, 6) is -4.01. The number of aromatic nitrogens is 2. The number of aromatic amines is 1. The Morgan fingerprint density at radius 2 is 1.60 bits per heavy atom. The number of likely N-dealkylation sites (tertiary alicyclic amines) is 1. The van der Waals surface area contributed by atoms with Crippen LogP contribution in [0.2, 0.25) is 0 Å². The number of carboxylic acid groups (broad SMARTS) is 1. The van der Waals surface area contributed by atoms with Gasteiger partial charge in [-0.1, -0.05) is 27.7 Å². The van der Waals surface area contributed by atoms with Gasteiger partial charge in [0, 0.05) is 24.9 Å². The molecule has 18 heteroatoms. The highest BCUT2D eigenvalue weighted by molar-refractivity contribution is 7.98. The molecule has 1 aliphatic rings. The smallest absolute Gasteiger partial charge is 0.326 e. The number of carbonyl (C=O) groups excluding carboxylic acids is 6. The normalized spacial score (nSPS) is 16.6. The van der Waals surface area contributed by atoms with Crippen molar-refractivity contribution < 1.29 is 38.7 Å². The molecule has 1 aromatic heterocycles. The number of nitrogens with one attached hydrogen (secondary N) is 6. The molecule has 0 unspecified atom stereocenters. The minimum atomic E-state index is -1.18.